The highest BCUT2D eigenvalue weighted by Crippen LogP contribution is 2.28. The monoisotopic (exact) mass is 272 g/mol. The second-order valence-corrected chi connectivity index (χ2v) is 4.93. The Morgan fingerprint density at radius 3 is 2.50 bits per heavy atom. The fourth-order valence-corrected chi connectivity index (χ4v) is 2.23. The molecule has 0 amide bonds. The summed E-state index contributed by atoms with van der Waals surface area (Å²) in [6, 6.07) is 7.71. The summed E-state index contributed by atoms with van der Waals surface area (Å²) in [5.74, 6) is 1.50. The van der Waals surface area contributed by atoms with Crippen LogP contribution in [-0.4, -0.2) is 12.1 Å². The standard InChI is InChI=1S/C16H20N2O2/c1-10-5-11(2)16(15(17)6-10)20-9-13-8-14(19-4)7-12(3)18-13/h5-8H,9,17H2,1-4H3. The van der Waals surface area contributed by atoms with Crippen LogP contribution in [0.3, 0.4) is 0 Å². The lowest BCUT2D eigenvalue weighted by Gasteiger charge is -2.13. The lowest BCUT2D eigenvalue weighted by Crippen LogP contribution is -2.04. The summed E-state index contributed by atoms with van der Waals surface area (Å²) in [7, 11) is 1.64. The summed E-state index contributed by atoms with van der Waals surface area (Å²) in [4.78, 5) is 4.43. The first-order chi connectivity index (χ1) is 9.49. The number of benzene rings is 1. The Morgan fingerprint density at radius 1 is 1.10 bits per heavy atom. The molecule has 2 rings (SSSR count). The number of methoxy groups -OCH3 is 1. The third-order valence-electron chi connectivity index (χ3n) is 3.03. The molecule has 0 saturated heterocycles. The van der Waals surface area contributed by atoms with E-state index in [1.807, 2.05) is 39.0 Å². The van der Waals surface area contributed by atoms with E-state index in [0.29, 0.717) is 12.3 Å². The van der Waals surface area contributed by atoms with Gasteiger partial charge in [-0.15, -0.1) is 0 Å². The van der Waals surface area contributed by atoms with E-state index < -0.39 is 0 Å². The Morgan fingerprint density at radius 2 is 1.85 bits per heavy atom. The Bertz CT molecular complexity index is 601. The normalized spacial score (nSPS) is 10.4. The third kappa shape index (κ3) is 3.20. The second kappa shape index (κ2) is 5.82. The van der Waals surface area contributed by atoms with Crippen LogP contribution in [-0.2, 0) is 6.61 Å². The molecule has 0 aliphatic rings. The second-order valence-electron chi connectivity index (χ2n) is 4.93. The number of ether oxygens (including phenoxy) is 2. The van der Waals surface area contributed by atoms with E-state index >= 15 is 0 Å². The molecule has 4 nitrogen and oxygen atoms in total. The van der Waals surface area contributed by atoms with Gasteiger partial charge in [0, 0.05) is 17.8 Å². The summed E-state index contributed by atoms with van der Waals surface area (Å²) in [5.41, 5.74) is 10.5. The number of aromatic nitrogens is 1. The van der Waals surface area contributed by atoms with Crippen molar-refractivity contribution in [3.63, 3.8) is 0 Å². The maximum atomic E-state index is 6.00. The molecule has 0 aliphatic carbocycles. The molecule has 20 heavy (non-hydrogen) atoms. The molecule has 2 aromatic rings. The van der Waals surface area contributed by atoms with Gasteiger partial charge >= 0.3 is 0 Å². The van der Waals surface area contributed by atoms with Crippen LogP contribution in [0.4, 0.5) is 5.69 Å². The number of hydrogen-bond acceptors (Lipinski definition) is 4. The van der Waals surface area contributed by atoms with Gasteiger partial charge in [-0.3, -0.25) is 4.98 Å². The lowest BCUT2D eigenvalue weighted by atomic mass is 10.1. The smallest absolute Gasteiger partial charge is 0.145 e. The van der Waals surface area contributed by atoms with Gasteiger partial charge in [-0.05, 0) is 38.0 Å². The van der Waals surface area contributed by atoms with Crippen molar-refractivity contribution < 1.29 is 9.47 Å². The maximum absolute atomic E-state index is 6.00. The first-order valence-electron chi connectivity index (χ1n) is 6.50. The van der Waals surface area contributed by atoms with Crippen molar-refractivity contribution in [2.24, 2.45) is 0 Å². The van der Waals surface area contributed by atoms with Crippen molar-refractivity contribution in [3.05, 3.63) is 46.8 Å². The Hall–Kier alpha value is -2.23. The van der Waals surface area contributed by atoms with Gasteiger partial charge in [-0.25, -0.2) is 0 Å². The lowest BCUT2D eigenvalue weighted by molar-refractivity contribution is 0.299. The van der Waals surface area contributed by atoms with E-state index in [0.717, 1.165) is 34.0 Å². The molecule has 1 heterocycles. The van der Waals surface area contributed by atoms with Crippen LogP contribution in [0.5, 0.6) is 11.5 Å². The Labute approximate surface area is 119 Å². The summed E-state index contributed by atoms with van der Waals surface area (Å²) in [5, 5.41) is 0. The van der Waals surface area contributed by atoms with Crippen molar-refractivity contribution in [2.75, 3.05) is 12.8 Å². The number of nitrogens with two attached hydrogens (primary N) is 1. The minimum absolute atomic E-state index is 0.367. The molecular formula is C16H20N2O2. The molecule has 4 heteroatoms. The average Bonchev–Trinajstić information content (AvgIpc) is 2.36. The third-order valence-corrected chi connectivity index (χ3v) is 3.03. The molecule has 106 valence electrons. The Balaban J connectivity index is 2.19. The Kier molecular flexibility index (Phi) is 4.13. The van der Waals surface area contributed by atoms with Crippen LogP contribution in [0.1, 0.15) is 22.5 Å². The van der Waals surface area contributed by atoms with Crippen molar-refractivity contribution in [3.8, 4) is 11.5 Å². The van der Waals surface area contributed by atoms with Crippen molar-refractivity contribution in [1.82, 2.24) is 4.98 Å². The number of aryl methyl sites for hydroxylation is 3. The van der Waals surface area contributed by atoms with Crippen LogP contribution < -0.4 is 15.2 Å². The highest BCUT2D eigenvalue weighted by molar-refractivity contribution is 5.58. The van der Waals surface area contributed by atoms with Crippen LogP contribution in [0, 0.1) is 20.8 Å². The fourth-order valence-electron chi connectivity index (χ4n) is 2.23. The molecule has 1 aromatic heterocycles. The van der Waals surface area contributed by atoms with Gasteiger partial charge in [0.05, 0.1) is 18.5 Å². The molecule has 0 aliphatic heterocycles. The van der Waals surface area contributed by atoms with Gasteiger partial charge in [0.25, 0.3) is 0 Å². The van der Waals surface area contributed by atoms with Crippen molar-refractivity contribution >= 4 is 5.69 Å². The average molecular weight is 272 g/mol. The number of anilines is 1. The largest absolute Gasteiger partial charge is 0.497 e. The van der Waals surface area contributed by atoms with Crippen molar-refractivity contribution in [1.29, 1.82) is 0 Å². The van der Waals surface area contributed by atoms with E-state index in [1.54, 1.807) is 7.11 Å². The van der Waals surface area contributed by atoms with Gasteiger partial charge < -0.3 is 15.2 Å². The van der Waals surface area contributed by atoms with Crippen LogP contribution in [0.25, 0.3) is 0 Å². The number of rotatable bonds is 4. The van der Waals surface area contributed by atoms with Gasteiger partial charge in [0.2, 0.25) is 0 Å². The summed E-state index contributed by atoms with van der Waals surface area (Å²) in [6.45, 7) is 6.30. The molecule has 0 bridgehead atoms. The summed E-state index contributed by atoms with van der Waals surface area (Å²) < 4.78 is 11.1. The quantitative estimate of drug-likeness (QED) is 0.868. The zero-order valence-corrected chi connectivity index (χ0v) is 12.4. The molecule has 0 unspecified atom stereocenters. The zero-order chi connectivity index (χ0) is 14.7. The van der Waals surface area contributed by atoms with Crippen molar-refractivity contribution in [2.45, 2.75) is 27.4 Å². The molecule has 0 radical (unpaired) electrons. The van der Waals surface area contributed by atoms with E-state index in [4.69, 9.17) is 15.2 Å². The number of pyridine rings is 1. The molecule has 0 saturated carbocycles. The number of nitrogen functional groups attached to an aromatic ring is 1. The van der Waals surface area contributed by atoms with Crippen LogP contribution in [0.2, 0.25) is 0 Å². The highest BCUT2D eigenvalue weighted by Gasteiger charge is 2.07. The predicted octanol–water partition coefficient (Wildman–Crippen LogP) is 3.18. The minimum Gasteiger partial charge on any atom is -0.497 e. The molecule has 0 spiro atoms. The first kappa shape index (κ1) is 14.2. The summed E-state index contributed by atoms with van der Waals surface area (Å²) >= 11 is 0. The van der Waals surface area contributed by atoms with Gasteiger partial charge in [0.15, 0.2) is 0 Å². The maximum Gasteiger partial charge on any atom is 0.145 e. The summed E-state index contributed by atoms with van der Waals surface area (Å²) in [6.07, 6.45) is 0. The van der Waals surface area contributed by atoms with E-state index in [9.17, 15) is 0 Å². The zero-order valence-electron chi connectivity index (χ0n) is 12.4. The van der Waals surface area contributed by atoms with Gasteiger partial charge in [-0.2, -0.15) is 0 Å². The van der Waals surface area contributed by atoms with Gasteiger partial charge in [-0.1, -0.05) is 6.07 Å². The first-order valence-corrected chi connectivity index (χ1v) is 6.50. The van der Waals surface area contributed by atoms with Crippen LogP contribution >= 0.6 is 0 Å². The predicted molar refractivity (Wildman–Crippen MR) is 80.2 cm³/mol. The SMILES string of the molecule is COc1cc(C)nc(COc2c(C)cc(C)cc2N)c1. The minimum atomic E-state index is 0.367. The molecule has 0 fully saturated rings. The van der Waals surface area contributed by atoms with E-state index in [1.165, 1.54) is 0 Å². The van der Waals surface area contributed by atoms with E-state index in [2.05, 4.69) is 11.1 Å². The van der Waals surface area contributed by atoms with Gasteiger partial charge in [0.1, 0.15) is 18.1 Å². The van der Waals surface area contributed by atoms with Crippen LogP contribution in [0.15, 0.2) is 24.3 Å². The fraction of sp³-hybridized carbons (Fsp3) is 0.312. The highest BCUT2D eigenvalue weighted by atomic mass is 16.5. The topological polar surface area (TPSA) is 57.4 Å². The molecule has 1 aromatic carbocycles. The molecular weight excluding hydrogens is 252 g/mol. The number of hydrogen-bond donors (Lipinski definition) is 1. The van der Waals surface area contributed by atoms with E-state index in [-0.39, 0.29) is 0 Å². The number of nitrogens with zero attached hydrogens (tertiary/aromatic N) is 1. The molecule has 0 atom stereocenters. The molecule has 2 N–H and O–H groups in total.